The number of nitrogens with zero attached hydrogens (tertiary/aromatic N) is 1. The first-order chi connectivity index (χ1) is 10.2. The van der Waals surface area contributed by atoms with Crippen LogP contribution >= 0.6 is 12.6 Å². The van der Waals surface area contributed by atoms with Gasteiger partial charge in [-0.25, -0.2) is 0 Å². The second-order valence-electron chi connectivity index (χ2n) is 4.73. The van der Waals surface area contributed by atoms with Gasteiger partial charge < -0.3 is 4.90 Å². The minimum absolute atomic E-state index is 0.796. The van der Waals surface area contributed by atoms with Crippen LogP contribution in [0, 0.1) is 0 Å². The fourth-order valence-corrected chi connectivity index (χ4v) is 1.71. The molecule has 0 aromatic heterocycles. The van der Waals surface area contributed by atoms with Gasteiger partial charge in [-0.1, -0.05) is 75.1 Å². The SMILES string of the molecule is C=C/C(=C\C=C/CS)CC.CCN(C)Cc1ccccc1. The second kappa shape index (κ2) is 13.7. The van der Waals surface area contributed by atoms with Gasteiger partial charge in [0.25, 0.3) is 0 Å². The van der Waals surface area contributed by atoms with Crippen molar-refractivity contribution in [1.29, 1.82) is 0 Å². The van der Waals surface area contributed by atoms with Gasteiger partial charge in [0, 0.05) is 12.3 Å². The van der Waals surface area contributed by atoms with E-state index in [-0.39, 0.29) is 0 Å². The topological polar surface area (TPSA) is 3.24 Å². The Labute approximate surface area is 136 Å². The number of thiol groups is 1. The van der Waals surface area contributed by atoms with Gasteiger partial charge in [0.2, 0.25) is 0 Å². The molecule has 0 saturated carbocycles. The van der Waals surface area contributed by atoms with Gasteiger partial charge >= 0.3 is 0 Å². The Hall–Kier alpha value is -1.25. The Morgan fingerprint density at radius 2 is 1.90 bits per heavy atom. The van der Waals surface area contributed by atoms with Gasteiger partial charge in [0.15, 0.2) is 0 Å². The van der Waals surface area contributed by atoms with E-state index >= 15 is 0 Å². The molecule has 0 heterocycles. The molecule has 2 heteroatoms. The predicted octanol–water partition coefficient (Wildman–Crippen LogP) is 5.13. The molecule has 0 amide bonds. The summed E-state index contributed by atoms with van der Waals surface area (Å²) in [4.78, 5) is 2.29. The summed E-state index contributed by atoms with van der Waals surface area (Å²) in [5, 5.41) is 0. The first kappa shape index (κ1) is 19.8. The van der Waals surface area contributed by atoms with E-state index in [1.807, 2.05) is 18.2 Å². The van der Waals surface area contributed by atoms with Crippen molar-refractivity contribution >= 4 is 12.6 Å². The summed E-state index contributed by atoms with van der Waals surface area (Å²) in [5.74, 6) is 0.796. The Balaban J connectivity index is 0.000000384. The van der Waals surface area contributed by atoms with E-state index in [1.54, 1.807) is 0 Å². The minimum atomic E-state index is 0.796. The fourth-order valence-electron chi connectivity index (χ4n) is 1.59. The molecule has 21 heavy (non-hydrogen) atoms. The Bertz CT molecular complexity index is 420. The monoisotopic (exact) mass is 303 g/mol. The third-order valence-corrected chi connectivity index (χ3v) is 3.27. The van der Waals surface area contributed by atoms with Crippen molar-refractivity contribution in [2.45, 2.75) is 26.8 Å². The molecule has 0 aliphatic carbocycles. The van der Waals surface area contributed by atoms with Crippen LogP contribution in [0.25, 0.3) is 0 Å². The van der Waals surface area contributed by atoms with Gasteiger partial charge in [-0.05, 0) is 31.1 Å². The third-order valence-electron chi connectivity index (χ3n) is 3.06. The van der Waals surface area contributed by atoms with Crippen molar-refractivity contribution < 1.29 is 0 Å². The van der Waals surface area contributed by atoms with E-state index in [4.69, 9.17) is 0 Å². The summed E-state index contributed by atoms with van der Waals surface area (Å²) in [5.41, 5.74) is 2.65. The molecule has 0 aliphatic heterocycles. The van der Waals surface area contributed by atoms with E-state index in [0.29, 0.717) is 0 Å². The lowest BCUT2D eigenvalue weighted by Crippen LogP contribution is -2.16. The summed E-state index contributed by atoms with van der Waals surface area (Å²) >= 11 is 4.04. The molecule has 0 aliphatic rings. The highest BCUT2D eigenvalue weighted by molar-refractivity contribution is 7.80. The molecule has 1 nitrogen and oxygen atoms in total. The largest absolute Gasteiger partial charge is 0.302 e. The van der Waals surface area contributed by atoms with Crippen molar-refractivity contribution in [2.24, 2.45) is 0 Å². The lowest BCUT2D eigenvalue weighted by molar-refractivity contribution is 0.346. The minimum Gasteiger partial charge on any atom is -0.302 e. The average Bonchev–Trinajstić information content (AvgIpc) is 2.53. The first-order valence-corrected chi connectivity index (χ1v) is 8.12. The van der Waals surface area contributed by atoms with Crippen LogP contribution in [-0.2, 0) is 6.54 Å². The first-order valence-electron chi connectivity index (χ1n) is 7.49. The molecule has 1 aromatic rings. The fraction of sp³-hybridized carbons (Fsp3) is 0.368. The number of allylic oxidation sites excluding steroid dienone is 4. The molecule has 1 rings (SSSR count). The molecule has 116 valence electrons. The maximum atomic E-state index is 4.04. The molecule has 1 aromatic carbocycles. The Morgan fingerprint density at radius 1 is 1.24 bits per heavy atom. The van der Waals surface area contributed by atoms with Crippen LogP contribution in [0.5, 0.6) is 0 Å². The predicted molar refractivity (Wildman–Crippen MR) is 100 cm³/mol. The second-order valence-corrected chi connectivity index (χ2v) is 5.09. The molecular weight excluding hydrogens is 274 g/mol. The smallest absolute Gasteiger partial charge is 0.0230 e. The summed E-state index contributed by atoms with van der Waals surface area (Å²) in [6, 6.07) is 10.5. The third kappa shape index (κ3) is 11.1. The van der Waals surface area contributed by atoms with Crippen LogP contribution in [0.2, 0.25) is 0 Å². The van der Waals surface area contributed by atoms with E-state index in [1.165, 1.54) is 11.1 Å². The molecule has 0 fully saturated rings. The lowest BCUT2D eigenvalue weighted by atomic mass is 10.2. The van der Waals surface area contributed by atoms with Gasteiger partial charge in [-0.3, -0.25) is 0 Å². The molecule has 0 spiro atoms. The molecule has 0 saturated heterocycles. The summed E-state index contributed by atoms with van der Waals surface area (Å²) < 4.78 is 0. The average molecular weight is 304 g/mol. The zero-order valence-electron chi connectivity index (χ0n) is 13.6. The lowest BCUT2D eigenvalue weighted by Gasteiger charge is -2.12. The zero-order chi connectivity index (χ0) is 15.9. The molecule has 0 N–H and O–H groups in total. The van der Waals surface area contributed by atoms with Crippen LogP contribution in [-0.4, -0.2) is 24.2 Å². The van der Waals surface area contributed by atoms with E-state index in [2.05, 4.69) is 81.4 Å². The number of hydrogen-bond donors (Lipinski definition) is 1. The molecule has 0 atom stereocenters. The number of benzene rings is 1. The molecule has 0 radical (unpaired) electrons. The van der Waals surface area contributed by atoms with Gasteiger partial charge in [-0.2, -0.15) is 12.6 Å². The van der Waals surface area contributed by atoms with Crippen LogP contribution in [0.3, 0.4) is 0 Å². The van der Waals surface area contributed by atoms with Crippen LogP contribution in [0.1, 0.15) is 25.8 Å². The van der Waals surface area contributed by atoms with E-state index < -0.39 is 0 Å². The Morgan fingerprint density at radius 3 is 2.38 bits per heavy atom. The van der Waals surface area contributed by atoms with Crippen molar-refractivity contribution in [2.75, 3.05) is 19.3 Å². The summed E-state index contributed by atoms with van der Waals surface area (Å²) in [6.45, 7) is 10.1. The quantitative estimate of drug-likeness (QED) is 0.539. The van der Waals surface area contributed by atoms with E-state index in [0.717, 1.165) is 25.3 Å². The van der Waals surface area contributed by atoms with Gasteiger partial charge in [0.1, 0.15) is 0 Å². The maximum Gasteiger partial charge on any atom is 0.0230 e. The Kier molecular flexibility index (Phi) is 12.9. The summed E-state index contributed by atoms with van der Waals surface area (Å²) in [7, 11) is 2.13. The van der Waals surface area contributed by atoms with Crippen molar-refractivity contribution in [3.63, 3.8) is 0 Å². The van der Waals surface area contributed by atoms with Gasteiger partial charge in [-0.15, -0.1) is 0 Å². The highest BCUT2D eigenvalue weighted by Crippen LogP contribution is 2.01. The highest BCUT2D eigenvalue weighted by Gasteiger charge is 1.94. The zero-order valence-corrected chi connectivity index (χ0v) is 14.5. The van der Waals surface area contributed by atoms with E-state index in [9.17, 15) is 0 Å². The van der Waals surface area contributed by atoms with Crippen LogP contribution < -0.4 is 0 Å². The van der Waals surface area contributed by atoms with Crippen LogP contribution in [0.4, 0.5) is 0 Å². The molecular formula is C19H29NS. The highest BCUT2D eigenvalue weighted by atomic mass is 32.1. The summed E-state index contributed by atoms with van der Waals surface area (Å²) in [6.07, 6.45) is 8.99. The number of hydrogen-bond acceptors (Lipinski definition) is 2. The van der Waals surface area contributed by atoms with Crippen molar-refractivity contribution in [3.8, 4) is 0 Å². The maximum absolute atomic E-state index is 4.04. The molecule has 0 unspecified atom stereocenters. The van der Waals surface area contributed by atoms with Crippen molar-refractivity contribution in [1.82, 2.24) is 4.90 Å². The molecule has 0 bridgehead atoms. The van der Waals surface area contributed by atoms with Crippen LogP contribution in [0.15, 0.2) is 66.8 Å². The normalized spacial score (nSPS) is 11.4. The standard InChI is InChI=1S/C10H15N.C9H14S/c1-3-11(2)9-10-7-5-4-6-8-10;1-3-9(4-2)7-5-6-8-10/h4-8H,3,9H2,1-2H3;3,5-7,10H,1,4,8H2,2H3/b;6-5-,9-7+. The number of rotatable bonds is 7. The van der Waals surface area contributed by atoms with Crippen molar-refractivity contribution in [3.05, 3.63) is 72.4 Å². The van der Waals surface area contributed by atoms with Gasteiger partial charge in [0.05, 0.1) is 0 Å².